The average molecular weight is 538 g/mol. The molecule has 1 atom stereocenters. The third-order valence-electron chi connectivity index (χ3n) is 4.93. The van der Waals surface area contributed by atoms with Gasteiger partial charge in [0.1, 0.15) is 0 Å². The van der Waals surface area contributed by atoms with Gasteiger partial charge in [-0.05, 0) is 54.6 Å². The fraction of sp³-hybridized carbons (Fsp3) is 0.364. The van der Waals surface area contributed by atoms with E-state index in [-0.39, 0.29) is 17.9 Å². The molecule has 0 aliphatic carbocycles. The quantitative estimate of drug-likeness (QED) is 0.499. The highest BCUT2D eigenvalue weighted by Crippen LogP contribution is 2.26. The standard InChI is InChI=1S/C22H26BrClN6O3/c1-29(2)9-4-5-19(31)27-18-7-6-14(11-17(18)24)21(32)30-10-8-15(13-30)26-22-25-12-16(23)20(28-22)33-3/h4-7,11-12,15H,8-10,13H2,1-3H3,(H,27,31)(H,25,26,28)/b5-4+. The van der Waals surface area contributed by atoms with Crippen LogP contribution in [0.25, 0.3) is 0 Å². The van der Waals surface area contributed by atoms with Gasteiger partial charge in [0, 0.05) is 37.3 Å². The van der Waals surface area contributed by atoms with Gasteiger partial charge in [-0.1, -0.05) is 17.7 Å². The molecule has 33 heavy (non-hydrogen) atoms. The van der Waals surface area contributed by atoms with Crippen molar-refractivity contribution in [1.82, 2.24) is 19.8 Å². The van der Waals surface area contributed by atoms with Gasteiger partial charge >= 0.3 is 0 Å². The van der Waals surface area contributed by atoms with E-state index >= 15 is 0 Å². The van der Waals surface area contributed by atoms with Crippen LogP contribution in [-0.4, -0.2) is 78.5 Å². The normalized spacial score (nSPS) is 15.8. The van der Waals surface area contributed by atoms with Crippen LogP contribution in [0.5, 0.6) is 5.88 Å². The van der Waals surface area contributed by atoms with E-state index in [4.69, 9.17) is 16.3 Å². The number of carbonyl (C=O) groups is 2. The lowest BCUT2D eigenvalue weighted by Gasteiger charge is -2.18. The topological polar surface area (TPSA) is 99.7 Å². The van der Waals surface area contributed by atoms with Crippen molar-refractivity contribution < 1.29 is 14.3 Å². The SMILES string of the molecule is COc1nc(NC2CCN(C(=O)c3ccc(NC(=O)/C=C/CN(C)C)c(Cl)c3)C2)ncc1Br. The summed E-state index contributed by atoms with van der Waals surface area (Å²) in [6, 6.07) is 4.90. The summed E-state index contributed by atoms with van der Waals surface area (Å²) in [4.78, 5) is 37.2. The molecule has 0 bridgehead atoms. The Kier molecular flexibility index (Phi) is 8.65. The highest BCUT2D eigenvalue weighted by molar-refractivity contribution is 9.10. The maximum absolute atomic E-state index is 13.0. The lowest BCUT2D eigenvalue weighted by Crippen LogP contribution is -2.31. The summed E-state index contributed by atoms with van der Waals surface area (Å²) in [5, 5.41) is 6.28. The van der Waals surface area contributed by atoms with Crippen molar-refractivity contribution in [2.24, 2.45) is 0 Å². The third kappa shape index (κ3) is 6.89. The molecule has 1 saturated heterocycles. The summed E-state index contributed by atoms with van der Waals surface area (Å²) < 4.78 is 5.86. The molecule has 1 aromatic carbocycles. The second kappa shape index (κ2) is 11.4. The highest BCUT2D eigenvalue weighted by atomic mass is 79.9. The maximum atomic E-state index is 13.0. The number of nitrogens with zero attached hydrogens (tertiary/aromatic N) is 4. The molecule has 3 rings (SSSR count). The molecule has 176 valence electrons. The van der Waals surface area contributed by atoms with Gasteiger partial charge < -0.3 is 25.2 Å². The van der Waals surface area contributed by atoms with Gasteiger partial charge in [0.25, 0.3) is 5.91 Å². The van der Waals surface area contributed by atoms with Crippen molar-refractivity contribution in [2.45, 2.75) is 12.5 Å². The maximum Gasteiger partial charge on any atom is 0.253 e. The van der Waals surface area contributed by atoms with Crippen LogP contribution < -0.4 is 15.4 Å². The molecule has 0 spiro atoms. The van der Waals surface area contributed by atoms with E-state index in [1.807, 2.05) is 19.0 Å². The molecule has 1 unspecified atom stereocenters. The fourth-order valence-electron chi connectivity index (χ4n) is 3.29. The molecule has 2 aromatic rings. The zero-order valence-electron chi connectivity index (χ0n) is 18.6. The molecule has 1 fully saturated rings. The molecule has 2 heterocycles. The van der Waals surface area contributed by atoms with Gasteiger partial charge in [-0.15, -0.1) is 0 Å². The lowest BCUT2D eigenvalue weighted by molar-refractivity contribution is -0.111. The zero-order chi connectivity index (χ0) is 24.0. The second-order valence-corrected chi connectivity index (χ2v) is 9.04. The smallest absolute Gasteiger partial charge is 0.253 e. The van der Waals surface area contributed by atoms with Gasteiger partial charge in [0.05, 0.1) is 28.5 Å². The molecule has 11 heteroatoms. The lowest BCUT2D eigenvalue weighted by atomic mass is 10.1. The Labute approximate surface area is 206 Å². The van der Waals surface area contributed by atoms with Crippen LogP contribution in [0.4, 0.5) is 11.6 Å². The number of nitrogens with one attached hydrogen (secondary N) is 2. The molecular formula is C22H26BrClN6O3. The summed E-state index contributed by atoms with van der Waals surface area (Å²) >= 11 is 9.65. The van der Waals surface area contributed by atoms with Crippen LogP contribution in [0.2, 0.25) is 5.02 Å². The van der Waals surface area contributed by atoms with Crippen molar-refractivity contribution in [3.05, 3.63) is 51.6 Å². The Morgan fingerprint density at radius 1 is 1.39 bits per heavy atom. The van der Waals surface area contributed by atoms with E-state index in [0.29, 0.717) is 52.2 Å². The molecule has 1 aromatic heterocycles. The number of amides is 2. The molecule has 1 aliphatic rings. The molecular weight excluding hydrogens is 512 g/mol. The second-order valence-electron chi connectivity index (χ2n) is 7.78. The number of halogens is 2. The molecule has 0 radical (unpaired) electrons. The summed E-state index contributed by atoms with van der Waals surface area (Å²) in [6.07, 6.45) is 5.59. The summed E-state index contributed by atoms with van der Waals surface area (Å²) in [6.45, 7) is 1.76. The first kappa shape index (κ1) is 24.9. The predicted octanol–water partition coefficient (Wildman–Crippen LogP) is 3.28. The van der Waals surface area contributed by atoms with E-state index in [2.05, 4.69) is 36.5 Å². The third-order valence-corrected chi connectivity index (χ3v) is 5.78. The average Bonchev–Trinajstić information content (AvgIpc) is 3.24. The minimum absolute atomic E-state index is 0.0165. The van der Waals surface area contributed by atoms with E-state index in [1.165, 1.54) is 13.2 Å². The molecule has 0 saturated carbocycles. The number of ether oxygens (including phenoxy) is 1. The largest absolute Gasteiger partial charge is 0.480 e. The van der Waals surface area contributed by atoms with Gasteiger partial charge in [-0.2, -0.15) is 4.98 Å². The van der Waals surface area contributed by atoms with Crippen LogP contribution >= 0.6 is 27.5 Å². The first-order valence-electron chi connectivity index (χ1n) is 10.3. The first-order valence-corrected chi connectivity index (χ1v) is 11.5. The van der Waals surface area contributed by atoms with Crippen molar-refractivity contribution in [1.29, 1.82) is 0 Å². The summed E-state index contributed by atoms with van der Waals surface area (Å²) in [7, 11) is 5.37. The van der Waals surface area contributed by atoms with Gasteiger partial charge in [0.2, 0.25) is 17.7 Å². The Morgan fingerprint density at radius 2 is 2.18 bits per heavy atom. The Morgan fingerprint density at radius 3 is 2.88 bits per heavy atom. The van der Waals surface area contributed by atoms with Crippen molar-refractivity contribution in [3.8, 4) is 5.88 Å². The molecule has 2 N–H and O–H groups in total. The minimum atomic E-state index is -0.280. The number of rotatable bonds is 8. The van der Waals surface area contributed by atoms with Gasteiger partial charge in [0.15, 0.2) is 0 Å². The number of anilines is 2. The van der Waals surface area contributed by atoms with Gasteiger partial charge in [-0.25, -0.2) is 4.98 Å². The van der Waals surface area contributed by atoms with E-state index in [1.54, 1.807) is 35.4 Å². The Balaban J connectivity index is 1.58. The molecule has 1 aliphatic heterocycles. The number of benzene rings is 1. The van der Waals surface area contributed by atoms with E-state index < -0.39 is 0 Å². The Hall–Kier alpha value is -2.69. The van der Waals surface area contributed by atoms with E-state index in [0.717, 1.165) is 6.42 Å². The van der Waals surface area contributed by atoms with Crippen LogP contribution in [-0.2, 0) is 4.79 Å². The monoisotopic (exact) mass is 536 g/mol. The number of likely N-dealkylation sites (N-methyl/N-ethyl adjacent to an activating group) is 1. The highest BCUT2D eigenvalue weighted by Gasteiger charge is 2.28. The summed E-state index contributed by atoms with van der Waals surface area (Å²) in [5.41, 5.74) is 0.915. The zero-order valence-corrected chi connectivity index (χ0v) is 21.0. The van der Waals surface area contributed by atoms with Crippen molar-refractivity contribution in [2.75, 3.05) is 51.5 Å². The van der Waals surface area contributed by atoms with Crippen LogP contribution in [0.3, 0.4) is 0 Å². The van der Waals surface area contributed by atoms with Crippen LogP contribution in [0.1, 0.15) is 16.8 Å². The number of likely N-dealkylation sites (tertiary alicyclic amines) is 1. The van der Waals surface area contributed by atoms with E-state index in [9.17, 15) is 9.59 Å². The number of hydrogen-bond donors (Lipinski definition) is 2. The first-order chi connectivity index (χ1) is 15.8. The number of aromatic nitrogens is 2. The predicted molar refractivity (Wildman–Crippen MR) is 132 cm³/mol. The number of carbonyl (C=O) groups excluding carboxylic acids is 2. The number of hydrogen-bond acceptors (Lipinski definition) is 7. The summed E-state index contributed by atoms with van der Waals surface area (Å²) in [5.74, 6) is 0.475. The Bertz CT molecular complexity index is 1050. The van der Waals surface area contributed by atoms with Gasteiger partial charge in [-0.3, -0.25) is 9.59 Å². The molecule has 9 nitrogen and oxygen atoms in total. The van der Waals surface area contributed by atoms with Crippen molar-refractivity contribution >= 4 is 51.0 Å². The minimum Gasteiger partial charge on any atom is -0.480 e. The van der Waals surface area contributed by atoms with Crippen LogP contribution in [0.15, 0.2) is 41.0 Å². The molecule has 2 amide bonds. The fourth-order valence-corrected chi connectivity index (χ4v) is 3.87. The van der Waals surface area contributed by atoms with Crippen LogP contribution in [0, 0.1) is 0 Å². The van der Waals surface area contributed by atoms with Crippen molar-refractivity contribution in [3.63, 3.8) is 0 Å². The number of methoxy groups -OCH3 is 1.